The molecule has 0 amide bonds. The summed E-state index contributed by atoms with van der Waals surface area (Å²) in [4.78, 5) is -0.568. The third-order valence-corrected chi connectivity index (χ3v) is 5.60. The molecule has 0 heterocycles. The minimum Gasteiger partial charge on any atom is -0.464 e. The van der Waals surface area contributed by atoms with Gasteiger partial charge < -0.3 is 4.74 Å². The molecular weight excluding hydrogens is 368 g/mol. The van der Waals surface area contributed by atoms with Crippen LogP contribution in [0.2, 0.25) is 0 Å². The van der Waals surface area contributed by atoms with E-state index in [9.17, 15) is 25.9 Å². The molecule has 0 aromatic carbocycles. The normalized spacial score (nSPS) is 15.3. The summed E-state index contributed by atoms with van der Waals surface area (Å²) in [6.07, 6.45) is 0.409. The molecule has 0 saturated heterocycles. The monoisotopic (exact) mass is 398 g/mol. The smallest absolute Gasteiger partial charge is 0.293 e. The number of allylic oxidation sites excluding steroid dienone is 4. The van der Waals surface area contributed by atoms with E-state index < -0.39 is 20.2 Å². The molecular formula is C16H30O7S2. The van der Waals surface area contributed by atoms with Crippen molar-refractivity contribution in [2.45, 2.75) is 67.2 Å². The van der Waals surface area contributed by atoms with E-state index in [4.69, 9.17) is 4.74 Å². The number of rotatable bonds is 10. The predicted molar refractivity (Wildman–Crippen MR) is 97.7 cm³/mol. The molecule has 0 aliphatic rings. The second kappa shape index (κ2) is 9.70. The van der Waals surface area contributed by atoms with Gasteiger partial charge in [-0.1, -0.05) is 41.5 Å². The molecule has 7 nitrogen and oxygen atoms in total. The standard InChI is InChI=1S/C16H30O7S2/c1-7-15(24(17,18)19)13(9-11(3)4)23-14(10-12(5)6)16(8-2)25(20,21)22/h11-12H,7-10H2,1-6H3,(H,17,18,19)(H,20,21,22). The average Bonchev–Trinajstić information content (AvgIpc) is 2.34. The molecule has 0 atom stereocenters. The van der Waals surface area contributed by atoms with Crippen LogP contribution in [0, 0.1) is 11.8 Å². The molecule has 0 spiro atoms. The fourth-order valence-corrected chi connectivity index (χ4v) is 3.92. The van der Waals surface area contributed by atoms with E-state index >= 15 is 0 Å². The molecule has 0 bridgehead atoms. The fourth-order valence-electron chi connectivity index (χ4n) is 2.36. The van der Waals surface area contributed by atoms with Crippen LogP contribution < -0.4 is 0 Å². The molecule has 0 aliphatic heterocycles. The molecule has 25 heavy (non-hydrogen) atoms. The third kappa shape index (κ3) is 8.35. The highest BCUT2D eigenvalue weighted by Crippen LogP contribution is 2.30. The zero-order valence-electron chi connectivity index (χ0n) is 15.7. The van der Waals surface area contributed by atoms with E-state index in [0.29, 0.717) is 0 Å². The zero-order chi connectivity index (χ0) is 20.0. The molecule has 9 heteroatoms. The molecule has 0 unspecified atom stereocenters. The van der Waals surface area contributed by atoms with Crippen LogP contribution in [0.4, 0.5) is 0 Å². The molecule has 0 aliphatic carbocycles. The van der Waals surface area contributed by atoms with Crippen LogP contribution in [0.5, 0.6) is 0 Å². The summed E-state index contributed by atoms with van der Waals surface area (Å²) < 4.78 is 71.3. The van der Waals surface area contributed by atoms with Crippen LogP contribution in [0.3, 0.4) is 0 Å². The first-order valence-corrected chi connectivity index (χ1v) is 11.2. The topological polar surface area (TPSA) is 118 Å². The van der Waals surface area contributed by atoms with Gasteiger partial charge in [-0.25, -0.2) is 0 Å². The van der Waals surface area contributed by atoms with Crippen molar-refractivity contribution < 1.29 is 30.7 Å². The third-order valence-electron chi connectivity index (χ3n) is 3.32. The summed E-state index contributed by atoms with van der Waals surface area (Å²) in [6, 6.07) is 0. The SMILES string of the molecule is CCC(=C(CC(C)C)OC(CC(C)C)=C(CC)S(=O)(=O)O)S(=O)(=O)O. The van der Waals surface area contributed by atoms with Crippen molar-refractivity contribution in [3.8, 4) is 0 Å². The largest absolute Gasteiger partial charge is 0.464 e. The van der Waals surface area contributed by atoms with Crippen LogP contribution in [0.1, 0.15) is 67.2 Å². The van der Waals surface area contributed by atoms with Crippen LogP contribution in [-0.4, -0.2) is 25.9 Å². The van der Waals surface area contributed by atoms with Crippen LogP contribution in [-0.2, 0) is 25.0 Å². The second-order valence-electron chi connectivity index (χ2n) is 6.65. The quantitative estimate of drug-likeness (QED) is 0.420. The van der Waals surface area contributed by atoms with Gasteiger partial charge in [-0.05, 0) is 24.7 Å². The van der Waals surface area contributed by atoms with Crippen molar-refractivity contribution in [1.82, 2.24) is 0 Å². The maximum Gasteiger partial charge on any atom is 0.293 e. The first-order chi connectivity index (χ1) is 11.2. The van der Waals surface area contributed by atoms with Crippen molar-refractivity contribution in [3.05, 3.63) is 21.3 Å². The molecule has 0 rings (SSSR count). The first-order valence-electron chi connectivity index (χ1n) is 8.30. The van der Waals surface area contributed by atoms with E-state index in [1.54, 1.807) is 13.8 Å². The Bertz CT molecular complexity index is 650. The molecule has 0 radical (unpaired) electrons. The minimum atomic E-state index is -4.48. The lowest BCUT2D eigenvalue weighted by Crippen LogP contribution is -2.13. The second-order valence-corrected chi connectivity index (χ2v) is 9.53. The van der Waals surface area contributed by atoms with E-state index in [1.165, 1.54) is 0 Å². The maximum absolute atomic E-state index is 11.7. The Kier molecular flexibility index (Phi) is 9.35. The molecule has 148 valence electrons. The molecule has 2 N–H and O–H groups in total. The van der Waals surface area contributed by atoms with Crippen molar-refractivity contribution in [2.75, 3.05) is 0 Å². The Balaban J connectivity index is 6.46. The van der Waals surface area contributed by atoms with Crippen LogP contribution >= 0.6 is 0 Å². The Morgan fingerprint density at radius 1 is 0.760 bits per heavy atom. The summed E-state index contributed by atoms with van der Waals surface area (Å²) in [5.41, 5.74) is 0. The zero-order valence-corrected chi connectivity index (χ0v) is 17.4. The molecule has 0 saturated carbocycles. The average molecular weight is 399 g/mol. The summed E-state index contributed by atoms with van der Waals surface area (Å²) in [5.74, 6) is 0.0271. The Morgan fingerprint density at radius 3 is 1.20 bits per heavy atom. The van der Waals surface area contributed by atoms with Gasteiger partial charge in [-0.15, -0.1) is 0 Å². The fraction of sp³-hybridized carbons (Fsp3) is 0.750. The summed E-state index contributed by atoms with van der Waals surface area (Å²) in [6.45, 7) is 10.5. The summed E-state index contributed by atoms with van der Waals surface area (Å²) in [7, 11) is -8.96. The van der Waals surface area contributed by atoms with Gasteiger partial charge in [0.15, 0.2) is 0 Å². The van der Waals surface area contributed by atoms with Gasteiger partial charge in [0, 0.05) is 12.8 Å². The van der Waals surface area contributed by atoms with Crippen LogP contribution in [0.25, 0.3) is 0 Å². The maximum atomic E-state index is 11.7. The van der Waals surface area contributed by atoms with Gasteiger partial charge in [0.1, 0.15) is 21.3 Å². The van der Waals surface area contributed by atoms with Crippen molar-refractivity contribution in [3.63, 3.8) is 0 Å². The molecule has 0 fully saturated rings. The lowest BCUT2D eigenvalue weighted by Gasteiger charge is -2.21. The van der Waals surface area contributed by atoms with E-state index in [-0.39, 0.29) is 58.8 Å². The Labute approximate surface area is 151 Å². The lowest BCUT2D eigenvalue weighted by molar-refractivity contribution is 0.249. The Morgan fingerprint density at radius 2 is 1.04 bits per heavy atom. The van der Waals surface area contributed by atoms with Crippen molar-refractivity contribution in [2.24, 2.45) is 11.8 Å². The van der Waals surface area contributed by atoms with E-state index in [1.807, 2.05) is 27.7 Å². The van der Waals surface area contributed by atoms with Gasteiger partial charge in [0.2, 0.25) is 0 Å². The molecule has 0 aromatic heterocycles. The lowest BCUT2D eigenvalue weighted by atomic mass is 10.1. The summed E-state index contributed by atoms with van der Waals surface area (Å²) >= 11 is 0. The van der Waals surface area contributed by atoms with Crippen molar-refractivity contribution in [1.29, 1.82) is 0 Å². The van der Waals surface area contributed by atoms with Gasteiger partial charge in [0.25, 0.3) is 20.2 Å². The highest BCUT2D eigenvalue weighted by atomic mass is 32.2. The number of hydrogen-bond acceptors (Lipinski definition) is 5. The molecule has 0 aromatic rings. The van der Waals surface area contributed by atoms with Crippen molar-refractivity contribution >= 4 is 20.2 Å². The first kappa shape index (κ1) is 24.1. The van der Waals surface area contributed by atoms with Gasteiger partial charge in [-0.2, -0.15) is 16.8 Å². The summed E-state index contributed by atoms with van der Waals surface area (Å²) in [5, 5.41) is 0. The van der Waals surface area contributed by atoms with Gasteiger partial charge in [0.05, 0.1) is 0 Å². The van der Waals surface area contributed by atoms with Gasteiger partial charge in [-0.3, -0.25) is 9.11 Å². The Hall–Kier alpha value is -0.900. The number of hydrogen-bond donors (Lipinski definition) is 2. The van der Waals surface area contributed by atoms with E-state index in [2.05, 4.69) is 0 Å². The minimum absolute atomic E-state index is 0.00315. The van der Waals surface area contributed by atoms with E-state index in [0.717, 1.165) is 0 Å². The van der Waals surface area contributed by atoms with Crippen LogP contribution in [0.15, 0.2) is 21.3 Å². The highest BCUT2D eigenvalue weighted by Gasteiger charge is 2.25. The van der Waals surface area contributed by atoms with Gasteiger partial charge >= 0.3 is 0 Å². The number of ether oxygens (including phenoxy) is 1. The highest BCUT2D eigenvalue weighted by molar-refractivity contribution is 7.90. The predicted octanol–water partition coefficient (Wildman–Crippen LogP) is 4.11.